The van der Waals surface area contributed by atoms with Crippen molar-refractivity contribution in [1.82, 2.24) is 10.6 Å². The zero-order chi connectivity index (χ0) is 13.5. The van der Waals surface area contributed by atoms with E-state index in [9.17, 15) is 0 Å². The van der Waals surface area contributed by atoms with Crippen LogP contribution in [0.15, 0.2) is 24.3 Å². The fourth-order valence-electron chi connectivity index (χ4n) is 2.38. The second-order valence-corrected chi connectivity index (χ2v) is 5.65. The lowest BCUT2D eigenvalue weighted by Gasteiger charge is -2.25. The standard InChI is InChI=1S/C16H26N2O/c1-13-5-7-16(8-6-13)19-12-14(2)18-11-15-4-3-9-17-10-15/h5-8,14-15,17-18H,3-4,9-12H2,1-2H3. The van der Waals surface area contributed by atoms with Gasteiger partial charge in [0.1, 0.15) is 12.4 Å². The number of hydrogen-bond acceptors (Lipinski definition) is 3. The minimum Gasteiger partial charge on any atom is -0.492 e. The quantitative estimate of drug-likeness (QED) is 0.825. The predicted molar refractivity (Wildman–Crippen MR) is 79.7 cm³/mol. The van der Waals surface area contributed by atoms with Crippen LogP contribution in [0, 0.1) is 12.8 Å². The Hall–Kier alpha value is -1.06. The Morgan fingerprint density at radius 1 is 1.37 bits per heavy atom. The Morgan fingerprint density at radius 2 is 2.16 bits per heavy atom. The Bertz CT molecular complexity index is 358. The van der Waals surface area contributed by atoms with Crippen LogP contribution >= 0.6 is 0 Å². The molecular weight excluding hydrogens is 236 g/mol. The normalized spacial score (nSPS) is 21.1. The van der Waals surface area contributed by atoms with Crippen LogP contribution in [0.4, 0.5) is 0 Å². The number of nitrogens with one attached hydrogen (secondary N) is 2. The van der Waals surface area contributed by atoms with Crippen LogP contribution < -0.4 is 15.4 Å². The SMILES string of the molecule is Cc1ccc(OCC(C)NCC2CCCNC2)cc1. The molecule has 3 nitrogen and oxygen atoms in total. The van der Waals surface area contributed by atoms with E-state index in [-0.39, 0.29) is 0 Å². The van der Waals surface area contributed by atoms with Crippen LogP contribution in [0.25, 0.3) is 0 Å². The minimum atomic E-state index is 0.392. The lowest BCUT2D eigenvalue weighted by Crippen LogP contribution is -2.40. The van der Waals surface area contributed by atoms with Crippen molar-refractivity contribution in [2.24, 2.45) is 5.92 Å². The molecular formula is C16H26N2O. The van der Waals surface area contributed by atoms with Gasteiger partial charge in [-0.05, 0) is 64.4 Å². The van der Waals surface area contributed by atoms with Crippen LogP contribution in [0.2, 0.25) is 0 Å². The highest BCUT2D eigenvalue weighted by molar-refractivity contribution is 5.26. The molecule has 1 saturated heterocycles. The summed E-state index contributed by atoms with van der Waals surface area (Å²) in [7, 11) is 0. The molecule has 2 N–H and O–H groups in total. The highest BCUT2D eigenvalue weighted by Crippen LogP contribution is 2.12. The van der Waals surface area contributed by atoms with E-state index >= 15 is 0 Å². The molecule has 2 unspecified atom stereocenters. The summed E-state index contributed by atoms with van der Waals surface area (Å²) >= 11 is 0. The molecule has 106 valence electrons. The van der Waals surface area contributed by atoms with Crippen molar-refractivity contribution in [3.63, 3.8) is 0 Å². The number of ether oxygens (including phenoxy) is 1. The van der Waals surface area contributed by atoms with Crippen molar-refractivity contribution in [2.75, 3.05) is 26.2 Å². The summed E-state index contributed by atoms with van der Waals surface area (Å²) in [5.74, 6) is 1.73. The Labute approximate surface area is 116 Å². The first-order valence-corrected chi connectivity index (χ1v) is 7.37. The van der Waals surface area contributed by atoms with E-state index < -0.39 is 0 Å². The Kier molecular flexibility index (Phi) is 5.67. The number of hydrogen-bond donors (Lipinski definition) is 2. The van der Waals surface area contributed by atoms with Crippen molar-refractivity contribution in [3.05, 3.63) is 29.8 Å². The van der Waals surface area contributed by atoms with E-state index in [4.69, 9.17) is 4.74 Å². The van der Waals surface area contributed by atoms with Crippen LogP contribution in [0.3, 0.4) is 0 Å². The molecule has 0 bridgehead atoms. The molecule has 1 aliphatic rings. The van der Waals surface area contributed by atoms with E-state index in [1.165, 1.54) is 24.9 Å². The molecule has 1 fully saturated rings. The van der Waals surface area contributed by atoms with Gasteiger partial charge in [0, 0.05) is 6.04 Å². The van der Waals surface area contributed by atoms with Crippen LogP contribution in [0.1, 0.15) is 25.3 Å². The second kappa shape index (κ2) is 7.51. The summed E-state index contributed by atoms with van der Waals surface area (Å²) in [6, 6.07) is 8.63. The molecule has 0 radical (unpaired) electrons. The van der Waals surface area contributed by atoms with Gasteiger partial charge in [-0.3, -0.25) is 0 Å². The average molecular weight is 262 g/mol. The summed E-state index contributed by atoms with van der Waals surface area (Å²) in [6.45, 7) is 8.42. The van der Waals surface area contributed by atoms with Gasteiger partial charge in [0.15, 0.2) is 0 Å². The lowest BCUT2D eigenvalue weighted by molar-refractivity contribution is 0.259. The molecule has 0 amide bonds. The Morgan fingerprint density at radius 3 is 2.84 bits per heavy atom. The van der Waals surface area contributed by atoms with Gasteiger partial charge in [-0.1, -0.05) is 17.7 Å². The maximum absolute atomic E-state index is 5.78. The van der Waals surface area contributed by atoms with E-state index in [0.29, 0.717) is 6.04 Å². The number of benzene rings is 1. The molecule has 1 heterocycles. The van der Waals surface area contributed by atoms with Gasteiger partial charge < -0.3 is 15.4 Å². The van der Waals surface area contributed by atoms with E-state index in [1.807, 2.05) is 12.1 Å². The molecule has 1 aliphatic heterocycles. The summed E-state index contributed by atoms with van der Waals surface area (Å²) in [6.07, 6.45) is 2.64. The van der Waals surface area contributed by atoms with Crippen molar-refractivity contribution in [3.8, 4) is 5.75 Å². The van der Waals surface area contributed by atoms with Crippen LogP contribution in [0.5, 0.6) is 5.75 Å². The molecule has 0 aliphatic carbocycles. The Balaban J connectivity index is 1.63. The number of aryl methyl sites for hydroxylation is 1. The molecule has 2 rings (SSSR count). The predicted octanol–water partition coefficient (Wildman–Crippen LogP) is 2.35. The van der Waals surface area contributed by atoms with Gasteiger partial charge in [0.2, 0.25) is 0 Å². The van der Waals surface area contributed by atoms with Gasteiger partial charge in [0.05, 0.1) is 0 Å². The van der Waals surface area contributed by atoms with Crippen molar-refractivity contribution in [1.29, 1.82) is 0 Å². The van der Waals surface area contributed by atoms with E-state index in [2.05, 4.69) is 36.6 Å². The molecule has 0 aromatic heterocycles. The van der Waals surface area contributed by atoms with Crippen molar-refractivity contribution >= 4 is 0 Å². The van der Waals surface area contributed by atoms with E-state index in [1.54, 1.807) is 0 Å². The fraction of sp³-hybridized carbons (Fsp3) is 0.625. The summed E-state index contributed by atoms with van der Waals surface area (Å²) in [5.41, 5.74) is 1.27. The van der Waals surface area contributed by atoms with Gasteiger partial charge in [-0.25, -0.2) is 0 Å². The molecule has 0 saturated carbocycles. The smallest absolute Gasteiger partial charge is 0.119 e. The maximum Gasteiger partial charge on any atom is 0.119 e. The van der Waals surface area contributed by atoms with Gasteiger partial charge in [-0.15, -0.1) is 0 Å². The highest BCUT2D eigenvalue weighted by atomic mass is 16.5. The lowest BCUT2D eigenvalue weighted by atomic mass is 9.99. The third-order valence-corrected chi connectivity index (χ3v) is 3.67. The zero-order valence-corrected chi connectivity index (χ0v) is 12.1. The summed E-state index contributed by atoms with van der Waals surface area (Å²) in [5, 5.41) is 7.02. The van der Waals surface area contributed by atoms with Gasteiger partial charge in [0.25, 0.3) is 0 Å². The summed E-state index contributed by atoms with van der Waals surface area (Å²) in [4.78, 5) is 0. The van der Waals surface area contributed by atoms with Crippen molar-refractivity contribution < 1.29 is 4.74 Å². The topological polar surface area (TPSA) is 33.3 Å². The van der Waals surface area contributed by atoms with Gasteiger partial charge >= 0.3 is 0 Å². The molecule has 19 heavy (non-hydrogen) atoms. The number of rotatable bonds is 6. The number of piperidine rings is 1. The first-order valence-electron chi connectivity index (χ1n) is 7.37. The zero-order valence-electron chi connectivity index (χ0n) is 12.1. The van der Waals surface area contributed by atoms with Crippen LogP contribution in [-0.4, -0.2) is 32.3 Å². The third-order valence-electron chi connectivity index (χ3n) is 3.67. The van der Waals surface area contributed by atoms with E-state index in [0.717, 1.165) is 31.4 Å². The largest absolute Gasteiger partial charge is 0.492 e. The summed E-state index contributed by atoms with van der Waals surface area (Å²) < 4.78 is 5.78. The maximum atomic E-state index is 5.78. The molecule has 0 spiro atoms. The first kappa shape index (κ1) is 14.4. The minimum absolute atomic E-state index is 0.392. The molecule has 1 aromatic rings. The first-order chi connectivity index (χ1) is 9.24. The molecule has 2 atom stereocenters. The molecule has 1 aromatic carbocycles. The molecule has 3 heteroatoms. The second-order valence-electron chi connectivity index (χ2n) is 5.65. The van der Waals surface area contributed by atoms with Crippen molar-refractivity contribution in [2.45, 2.75) is 32.7 Å². The highest BCUT2D eigenvalue weighted by Gasteiger charge is 2.13. The van der Waals surface area contributed by atoms with Crippen LogP contribution in [-0.2, 0) is 0 Å². The average Bonchev–Trinajstić information content (AvgIpc) is 2.45. The van der Waals surface area contributed by atoms with Gasteiger partial charge in [-0.2, -0.15) is 0 Å². The monoisotopic (exact) mass is 262 g/mol. The third kappa shape index (κ3) is 5.21. The fourth-order valence-corrected chi connectivity index (χ4v) is 2.38.